The standard InChI is InChI=1S/C24H25N6O9P/c1-14(20(31)37-16-9-35-10-16)29-40(34,38-15-5-3-2-4-6-15)39-21-23(11-25)24(21,33)22(32,12-36-23)18-8-7-17-19(26)27-13-28-30(17)18/h2-8,13-14,16,21,32-33H,9-10,12H2,1H3,(H,29,34)(H2,26,27,28)/t14-,21?,22+,23+,24-,40?/m0/s1. The zero-order chi connectivity index (χ0) is 28.3. The van der Waals surface area contributed by atoms with Gasteiger partial charge in [-0.3, -0.25) is 9.32 Å². The number of benzene rings is 1. The maximum Gasteiger partial charge on any atom is 0.459 e. The lowest BCUT2D eigenvalue weighted by atomic mass is 9.91. The number of fused-ring (bicyclic) bond motifs is 2. The number of hydrogen-bond acceptors (Lipinski definition) is 13. The first kappa shape index (κ1) is 26.6. The van der Waals surface area contributed by atoms with E-state index in [0.29, 0.717) is 5.52 Å². The summed E-state index contributed by atoms with van der Waals surface area (Å²) in [5.74, 6) is -0.524. The van der Waals surface area contributed by atoms with Gasteiger partial charge in [0.05, 0.1) is 25.5 Å². The van der Waals surface area contributed by atoms with Crippen LogP contribution in [0.1, 0.15) is 12.6 Å². The van der Waals surface area contributed by atoms with E-state index in [4.69, 9.17) is 29.0 Å². The van der Waals surface area contributed by atoms with Crippen molar-refractivity contribution >= 4 is 25.1 Å². The molecule has 0 amide bonds. The molecule has 0 radical (unpaired) electrons. The third-order valence-corrected chi connectivity index (χ3v) is 8.89. The molecule has 1 saturated carbocycles. The Balaban J connectivity index is 1.32. The number of rotatable bonds is 9. The van der Waals surface area contributed by atoms with Crippen LogP contribution in [0.3, 0.4) is 0 Å². The Hall–Kier alpha value is -3.61. The second kappa shape index (κ2) is 9.22. The Morgan fingerprint density at radius 1 is 1.30 bits per heavy atom. The number of nitrogens with one attached hydrogen (secondary N) is 1. The maximum absolute atomic E-state index is 14.1. The first-order valence-electron chi connectivity index (χ1n) is 12.2. The van der Waals surface area contributed by atoms with E-state index < -0.39 is 55.4 Å². The summed E-state index contributed by atoms with van der Waals surface area (Å²) in [5.41, 5.74) is -0.528. The van der Waals surface area contributed by atoms with Crippen molar-refractivity contribution in [2.75, 3.05) is 25.6 Å². The minimum atomic E-state index is -4.56. The molecule has 40 heavy (non-hydrogen) atoms. The number of hydrogen-bond donors (Lipinski definition) is 4. The molecular formula is C24H25N6O9P. The molecule has 2 aromatic heterocycles. The molecule has 2 aliphatic heterocycles. The van der Waals surface area contributed by atoms with Crippen LogP contribution in [0.2, 0.25) is 0 Å². The van der Waals surface area contributed by atoms with Crippen molar-refractivity contribution in [1.82, 2.24) is 19.7 Å². The predicted molar refractivity (Wildman–Crippen MR) is 133 cm³/mol. The minimum Gasteiger partial charge on any atom is -0.456 e. The van der Waals surface area contributed by atoms with E-state index >= 15 is 0 Å². The number of anilines is 1. The number of nitrogen functional groups attached to an aromatic ring is 1. The smallest absolute Gasteiger partial charge is 0.456 e. The van der Waals surface area contributed by atoms with E-state index in [-0.39, 0.29) is 30.5 Å². The second-order valence-corrected chi connectivity index (χ2v) is 11.4. The lowest BCUT2D eigenvalue weighted by Gasteiger charge is -2.30. The van der Waals surface area contributed by atoms with Crippen LogP contribution < -0.4 is 15.3 Å². The molecular weight excluding hydrogens is 547 g/mol. The Bertz CT molecular complexity index is 1560. The monoisotopic (exact) mass is 572 g/mol. The molecule has 2 saturated heterocycles. The lowest BCUT2D eigenvalue weighted by Crippen LogP contribution is -2.47. The zero-order valence-corrected chi connectivity index (χ0v) is 21.9. The van der Waals surface area contributed by atoms with Gasteiger partial charge < -0.3 is 34.7 Å². The van der Waals surface area contributed by atoms with Gasteiger partial charge in [-0.25, -0.2) is 14.1 Å². The van der Waals surface area contributed by atoms with E-state index in [1.165, 1.54) is 35.7 Å². The summed E-state index contributed by atoms with van der Waals surface area (Å²) in [6.07, 6.45) is -0.954. The van der Waals surface area contributed by atoms with Crippen LogP contribution in [0.5, 0.6) is 5.75 Å². The van der Waals surface area contributed by atoms with Gasteiger partial charge in [0.1, 0.15) is 35.8 Å². The van der Waals surface area contributed by atoms with Crippen molar-refractivity contribution in [3.63, 3.8) is 0 Å². The van der Waals surface area contributed by atoms with Gasteiger partial charge in [0, 0.05) is 0 Å². The average molecular weight is 572 g/mol. The maximum atomic E-state index is 14.1. The summed E-state index contributed by atoms with van der Waals surface area (Å²) in [6, 6.07) is 11.6. The SMILES string of the molecule is C[C@H](NP(=O)(Oc1ccccc1)OC1[C@]2(O)[C@](O)(c3ccc4c(N)ncnn34)CO[C@]12C#N)C(=O)OC1COC1. The van der Waals surface area contributed by atoms with Gasteiger partial charge in [-0.1, -0.05) is 18.2 Å². The molecule has 6 atom stereocenters. The average Bonchev–Trinajstić information content (AvgIpc) is 3.17. The molecule has 1 aromatic carbocycles. The number of aromatic nitrogens is 3. The van der Waals surface area contributed by atoms with E-state index in [2.05, 4.69) is 15.2 Å². The van der Waals surface area contributed by atoms with Crippen LogP contribution in [0.25, 0.3) is 5.52 Å². The quantitative estimate of drug-likeness (QED) is 0.197. The number of nitrogens with zero attached hydrogens (tertiary/aromatic N) is 4. The molecule has 6 rings (SSSR count). The zero-order valence-electron chi connectivity index (χ0n) is 21.0. The third-order valence-electron chi connectivity index (χ3n) is 7.25. The summed E-state index contributed by atoms with van der Waals surface area (Å²) in [7, 11) is -4.56. The predicted octanol–water partition coefficient (Wildman–Crippen LogP) is 0.0288. The molecule has 3 fully saturated rings. The summed E-state index contributed by atoms with van der Waals surface area (Å²) < 4.78 is 42.7. The number of para-hydroxylation sites is 1. The first-order valence-corrected chi connectivity index (χ1v) is 13.8. The molecule has 2 unspecified atom stereocenters. The molecule has 0 bridgehead atoms. The van der Waals surface area contributed by atoms with Crippen LogP contribution in [0.4, 0.5) is 5.82 Å². The molecule has 15 nitrogen and oxygen atoms in total. The number of carbonyl (C=O) groups excluding carboxylic acids is 1. The summed E-state index contributed by atoms with van der Waals surface area (Å²) in [5, 5.41) is 40.3. The first-order chi connectivity index (χ1) is 19.1. The highest BCUT2D eigenvalue weighted by Gasteiger charge is 2.94. The number of aliphatic hydroxyl groups is 2. The van der Waals surface area contributed by atoms with Gasteiger partial charge in [-0.05, 0) is 31.2 Å². The normalized spacial score (nSPS) is 31.4. The van der Waals surface area contributed by atoms with Crippen molar-refractivity contribution in [2.45, 2.75) is 42.0 Å². The topological polar surface area (TPSA) is 213 Å². The number of ether oxygens (including phenoxy) is 3. The Morgan fingerprint density at radius 3 is 2.73 bits per heavy atom. The molecule has 210 valence electrons. The lowest BCUT2D eigenvalue weighted by molar-refractivity contribution is -0.173. The van der Waals surface area contributed by atoms with Gasteiger partial charge in [0.15, 0.2) is 23.1 Å². The Labute approximate surface area is 226 Å². The molecule has 1 aliphatic carbocycles. The van der Waals surface area contributed by atoms with E-state index in [9.17, 15) is 24.8 Å². The van der Waals surface area contributed by atoms with Crippen LogP contribution in [0.15, 0.2) is 48.8 Å². The Kier molecular flexibility index (Phi) is 6.13. The van der Waals surface area contributed by atoms with E-state index in [1.807, 2.05) is 6.07 Å². The summed E-state index contributed by atoms with van der Waals surface area (Å²) >= 11 is 0. The van der Waals surface area contributed by atoms with Crippen molar-refractivity contribution in [2.24, 2.45) is 0 Å². The fraction of sp³-hybridized carbons (Fsp3) is 0.417. The van der Waals surface area contributed by atoms with E-state index in [1.54, 1.807) is 18.2 Å². The second-order valence-electron chi connectivity index (χ2n) is 9.76. The van der Waals surface area contributed by atoms with Crippen molar-refractivity contribution in [3.8, 4) is 11.8 Å². The van der Waals surface area contributed by atoms with E-state index in [0.717, 1.165) is 6.33 Å². The molecule has 3 aliphatic rings. The van der Waals surface area contributed by atoms with Crippen molar-refractivity contribution < 1.29 is 42.8 Å². The third kappa shape index (κ3) is 3.80. The number of nitriles is 1. The van der Waals surface area contributed by atoms with Crippen LogP contribution in [-0.2, 0) is 33.7 Å². The molecule has 5 N–H and O–H groups in total. The highest BCUT2D eigenvalue weighted by Crippen LogP contribution is 2.69. The van der Waals surface area contributed by atoms with Crippen molar-refractivity contribution in [3.05, 3.63) is 54.5 Å². The highest BCUT2D eigenvalue weighted by atomic mass is 31.2. The number of carbonyl (C=O) groups is 1. The molecule has 3 aromatic rings. The molecule has 16 heteroatoms. The van der Waals surface area contributed by atoms with Crippen LogP contribution in [0, 0.1) is 11.3 Å². The molecule has 0 spiro atoms. The fourth-order valence-corrected chi connectivity index (χ4v) is 6.69. The fourth-order valence-electron chi connectivity index (χ4n) is 4.98. The number of nitrogens with two attached hydrogens (primary N) is 1. The van der Waals surface area contributed by atoms with Gasteiger partial charge in [0.2, 0.25) is 5.60 Å². The Morgan fingerprint density at radius 2 is 2.05 bits per heavy atom. The number of esters is 1. The van der Waals surface area contributed by atoms with Gasteiger partial charge >= 0.3 is 13.7 Å². The van der Waals surface area contributed by atoms with Crippen LogP contribution >= 0.6 is 7.75 Å². The minimum absolute atomic E-state index is 0.0359. The summed E-state index contributed by atoms with van der Waals surface area (Å²) in [6.45, 7) is 1.36. The molecule has 4 heterocycles. The van der Waals surface area contributed by atoms with Gasteiger partial charge in [0.25, 0.3) is 0 Å². The van der Waals surface area contributed by atoms with Crippen molar-refractivity contribution in [1.29, 1.82) is 5.26 Å². The summed E-state index contributed by atoms with van der Waals surface area (Å²) in [4.78, 5) is 16.5. The van der Waals surface area contributed by atoms with Crippen LogP contribution in [-0.4, -0.2) is 80.1 Å². The largest absolute Gasteiger partial charge is 0.459 e. The highest BCUT2D eigenvalue weighted by molar-refractivity contribution is 7.52. The van der Waals surface area contributed by atoms with Gasteiger partial charge in [-0.2, -0.15) is 15.4 Å². The van der Waals surface area contributed by atoms with Gasteiger partial charge in [-0.15, -0.1) is 0 Å².